The fraction of sp³-hybridized carbons (Fsp3) is 0.333. The Bertz CT molecular complexity index is 516. The van der Waals surface area contributed by atoms with Gasteiger partial charge in [0.2, 0.25) is 5.91 Å². The molecule has 1 aliphatic heterocycles. The van der Waals surface area contributed by atoms with Crippen LogP contribution in [0.2, 0.25) is 0 Å². The van der Waals surface area contributed by atoms with Crippen molar-refractivity contribution in [2.75, 3.05) is 6.54 Å². The normalized spacial score (nSPS) is 23.2. The number of carbonyl (C=O) groups is 2. The highest BCUT2D eigenvalue weighted by atomic mass is 35.5. The predicted octanol–water partition coefficient (Wildman–Crippen LogP) is 2.22. The molecule has 1 aromatic rings. The van der Waals surface area contributed by atoms with E-state index in [1.165, 1.54) is 5.54 Å². The van der Waals surface area contributed by atoms with Crippen molar-refractivity contribution in [3.8, 4) is 0 Å². The summed E-state index contributed by atoms with van der Waals surface area (Å²) in [6.07, 6.45) is 2.25. The van der Waals surface area contributed by atoms with Crippen LogP contribution in [0.3, 0.4) is 0 Å². The van der Waals surface area contributed by atoms with E-state index in [0.29, 0.717) is 13.0 Å². The summed E-state index contributed by atoms with van der Waals surface area (Å²) < 4.78 is 0. The molecule has 1 heterocycles. The maximum absolute atomic E-state index is 12.6. The molecule has 0 aliphatic carbocycles. The Hall–Kier alpha value is -1.81. The van der Waals surface area contributed by atoms with Crippen molar-refractivity contribution in [3.63, 3.8) is 0 Å². The molecule has 1 fully saturated rings. The van der Waals surface area contributed by atoms with Gasteiger partial charge in [0.15, 0.2) is 0 Å². The summed E-state index contributed by atoms with van der Waals surface area (Å²) >= 11 is 5.53. The van der Waals surface area contributed by atoms with E-state index in [1.807, 2.05) is 37.3 Å². The van der Waals surface area contributed by atoms with Gasteiger partial charge in [-0.2, -0.15) is 0 Å². The fourth-order valence-electron chi connectivity index (χ4n) is 2.41. The highest BCUT2D eigenvalue weighted by Gasteiger charge is 2.39. The fourth-order valence-corrected chi connectivity index (χ4v) is 2.49. The van der Waals surface area contributed by atoms with E-state index in [2.05, 4.69) is 5.32 Å². The van der Waals surface area contributed by atoms with E-state index in [4.69, 9.17) is 11.6 Å². The minimum atomic E-state index is -0.616. The molecule has 1 saturated heterocycles. The quantitative estimate of drug-likeness (QED) is 0.925. The smallest absolute Gasteiger partial charge is 0.250 e. The molecule has 2 unspecified atom stereocenters. The second-order valence-electron chi connectivity index (χ2n) is 4.63. The van der Waals surface area contributed by atoms with Crippen molar-refractivity contribution in [3.05, 3.63) is 47.5 Å². The Labute approximate surface area is 123 Å². The number of piperazine rings is 1. The lowest BCUT2D eigenvalue weighted by Gasteiger charge is -2.38. The number of benzene rings is 1. The zero-order valence-electron chi connectivity index (χ0n) is 11.3. The minimum absolute atomic E-state index is 0.0996. The molecular formula is C15H17ClN2O2. The zero-order chi connectivity index (χ0) is 14.5. The molecule has 0 saturated carbocycles. The Kier molecular flexibility index (Phi) is 4.79. The summed E-state index contributed by atoms with van der Waals surface area (Å²) in [4.78, 5) is 26.3. The van der Waals surface area contributed by atoms with Crippen molar-refractivity contribution in [1.29, 1.82) is 0 Å². The number of halogens is 1. The van der Waals surface area contributed by atoms with Crippen LogP contribution in [-0.2, 0) is 9.59 Å². The molecule has 5 heteroatoms. The van der Waals surface area contributed by atoms with Crippen molar-refractivity contribution >= 4 is 23.4 Å². The molecule has 2 rings (SSSR count). The van der Waals surface area contributed by atoms with Gasteiger partial charge in [0.1, 0.15) is 12.1 Å². The molecule has 1 aliphatic rings. The molecule has 1 N–H and O–H groups in total. The second kappa shape index (κ2) is 6.57. The molecule has 2 amide bonds. The van der Waals surface area contributed by atoms with Crippen LogP contribution in [0.1, 0.15) is 24.9 Å². The second-order valence-corrected chi connectivity index (χ2v) is 4.88. The first kappa shape index (κ1) is 14.6. The lowest BCUT2D eigenvalue weighted by molar-refractivity contribution is -0.149. The standard InChI is InChI=1S/C15H17ClN2O2/c1-2-12-14(19)17-13(11-7-4-3-5-8-11)15(20)18(12)10-6-9-16/h3-9,12-13H,2,10H2,1H3,(H,17,19)/b9-6+. The number of carbonyl (C=O) groups excluding carboxylic acids is 2. The van der Waals surface area contributed by atoms with Gasteiger partial charge in [-0.15, -0.1) is 0 Å². The van der Waals surface area contributed by atoms with Gasteiger partial charge in [-0.25, -0.2) is 0 Å². The van der Waals surface area contributed by atoms with E-state index in [1.54, 1.807) is 11.0 Å². The van der Waals surface area contributed by atoms with Crippen LogP contribution in [0.25, 0.3) is 0 Å². The molecule has 2 atom stereocenters. The molecule has 106 valence electrons. The van der Waals surface area contributed by atoms with Crippen LogP contribution in [0, 0.1) is 0 Å². The van der Waals surface area contributed by atoms with Gasteiger partial charge in [-0.3, -0.25) is 9.59 Å². The third kappa shape index (κ3) is 2.85. The van der Waals surface area contributed by atoms with Crippen LogP contribution in [0.4, 0.5) is 0 Å². The number of nitrogens with zero attached hydrogens (tertiary/aromatic N) is 1. The Morgan fingerprint density at radius 3 is 2.60 bits per heavy atom. The van der Waals surface area contributed by atoms with E-state index in [0.717, 1.165) is 5.56 Å². The van der Waals surface area contributed by atoms with Crippen LogP contribution in [-0.4, -0.2) is 29.3 Å². The van der Waals surface area contributed by atoms with E-state index in [9.17, 15) is 9.59 Å². The SMILES string of the molecule is CCC1C(=O)NC(c2ccccc2)C(=O)N1C/C=C/Cl. The van der Waals surface area contributed by atoms with Gasteiger partial charge in [-0.1, -0.05) is 54.9 Å². The van der Waals surface area contributed by atoms with E-state index >= 15 is 0 Å². The van der Waals surface area contributed by atoms with Crippen molar-refractivity contribution < 1.29 is 9.59 Å². The topological polar surface area (TPSA) is 49.4 Å². The summed E-state index contributed by atoms with van der Waals surface area (Å²) in [6, 6.07) is 8.20. The van der Waals surface area contributed by atoms with Gasteiger partial charge in [0, 0.05) is 12.1 Å². The predicted molar refractivity (Wildman–Crippen MR) is 78.1 cm³/mol. The highest BCUT2D eigenvalue weighted by Crippen LogP contribution is 2.23. The van der Waals surface area contributed by atoms with Crippen LogP contribution in [0.15, 0.2) is 41.9 Å². The largest absolute Gasteiger partial charge is 0.339 e. The Balaban J connectivity index is 2.29. The molecule has 0 bridgehead atoms. The van der Waals surface area contributed by atoms with Gasteiger partial charge in [0.05, 0.1) is 0 Å². The summed E-state index contributed by atoms with van der Waals surface area (Å²) in [5.74, 6) is -0.221. The third-order valence-electron chi connectivity index (χ3n) is 3.41. The average Bonchev–Trinajstić information content (AvgIpc) is 2.48. The number of rotatable bonds is 4. The van der Waals surface area contributed by atoms with E-state index < -0.39 is 12.1 Å². The molecule has 4 nitrogen and oxygen atoms in total. The van der Waals surface area contributed by atoms with Crippen LogP contribution >= 0.6 is 11.6 Å². The van der Waals surface area contributed by atoms with Gasteiger partial charge in [-0.05, 0) is 12.0 Å². The van der Waals surface area contributed by atoms with Gasteiger partial charge < -0.3 is 10.2 Å². The van der Waals surface area contributed by atoms with Crippen molar-refractivity contribution in [2.45, 2.75) is 25.4 Å². The first-order valence-electron chi connectivity index (χ1n) is 6.60. The maximum Gasteiger partial charge on any atom is 0.250 e. The first-order chi connectivity index (χ1) is 9.69. The Morgan fingerprint density at radius 1 is 1.30 bits per heavy atom. The maximum atomic E-state index is 12.6. The molecule has 20 heavy (non-hydrogen) atoms. The molecule has 0 aromatic heterocycles. The highest BCUT2D eigenvalue weighted by molar-refractivity contribution is 6.25. The lowest BCUT2D eigenvalue weighted by Crippen LogP contribution is -2.59. The van der Waals surface area contributed by atoms with E-state index in [-0.39, 0.29) is 11.8 Å². The van der Waals surface area contributed by atoms with Crippen molar-refractivity contribution in [1.82, 2.24) is 10.2 Å². The molecular weight excluding hydrogens is 276 g/mol. The molecule has 1 aromatic carbocycles. The number of hydrogen-bond acceptors (Lipinski definition) is 2. The Morgan fingerprint density at radius 2 is 2.00 bits per heavy atom. The minimum Gasteiger partial charge on any atom is -0.339 e. The van der Waals surface area contributed by atoms with Gasteiger partial charge in [0.25, 0.3) is 5.91 Å². The monoisotopic (exact) mass is 292 g/mol. The molecule has 0 radical (unpaired) electrons. The third-order valence-corrected chi connectivity index (χ3v) is 3.58. The summed E-state index contributed by atoms with van der Waals surface area (Å²) in [7, 11) is 0. The summed E-state index contributed by atoms with van der Waals surface area (Å²) in [5, 5.41) is 2.80. The zero-order valence-corrected chi connectivity index (χ0v) is 12.0. The lowest BCUT2D eigenvalue weighted by atomic mass is 9.99. The molecule has 0 spiro atoms. The van der Waals surface area contributed by atoms with Gasteiger partial charge >= 0.3 is 0 Å². The van der Waals surface area contributed by atoms with Crippen LogP contribution < -0.4 is 5.32 Å². The van der Waals surface area contributed by atoms with Crippen molar-refractivity contribution in [2.24, 2.45) is 0 Å². The number of amides is 2. The number of hydrogen-bond donors (Lipinski definition) is 1. The first-order valence-corrected chi connectivity index (χ1v) is 7.03. The number of nitrogens with one attached hydrogen (secondary N) is 1. The summed E-state index contributed by atoms with van der Waals surface area (Å²) in [6.45, 7) is 2.23. The average molecular weight is 293 g/mol. The summed E-state index contributed by atoms with van der Waals surface area (Å²) in [5.41, 5.74) is 2.16. The van der Waals surface area contributed by atoms with Crippen LogP contribution in [0.5, 0.6) is 0 Å².